The van der Waals surface area contributed by atoms with Crippen molar-refractivity contribution in [3.05, 3.63) is 0 Å². The van der Waals surface area contributed by atoms with Gasteiger partial charge in [-0.25, -0.2) is 0 Å². The topological polar surface area (TPSA) is 92.5 Å². The normalized spacial score (nSPS) is 23.0. The Balaban J connectivity index is 2.69. The van der Waals surface area contributed by atoms with Crippen LogP contribution in [-0.4, -0.2) is 40.7 Å². The van der Waals surface area contributed by atoms with E-state index in [0.717, 1.165) is 0 Å². The quantitative estimate of drug-likeness (QED) is 0.602. The fourth-order valence-electron chi connectivity index (χ4n) is 1.71. The van der Waals surface area contributed by atoms with Crippen molar-refractivity contribution >= 4 is 17.7 Å². The van der Waals surface area contributed by atoms with Crippen LogP contribution >= 0.6 is 0 Å². The maximum Gasteiger partial charge on any atom is 0.247 e. The Hall–Kier alpha value is -1.43. The maximum atomic E-state index is 11.8. The van der Waals surface area contributed by atoms with Gasteiger partial charge < -0.3 is 5.73 Å². The molecule has 0 aromatic heterocycles. The molecular weight excluding hydrogens is 210 g/mol. The number of primary amides is 1. The fourth-order valence-corrected chi connectivity index (χ4v) is 1.71. The standard InChI is InChI=1S/C10H17N3O3/c1-5(2)13-8(14)4-7(10(13)16)12-6(3)9(11)15/h5-7,12H,4H2,1-3H3,(H2,11,15). The summed E-state index contributed by atoms with van der Waals surface area (Å²) in [5.74, 6) is -1.04. The van der Waals surface area contributed by atoms with E-state index in [4.69, 9.17) is 5.73 Å². The molecule has 1 heterocycles. The van der Waals surface area contributed by atoms with Gasteiger partial charge in [-0.1, -0.05) is 0 Å². The van der Waals surface area contributed by atoms with Crippen LogP contribution in [0.5, 0.6) is 0 Å². The lowest BCUT2D eigenvalue weighted by molar-refractivity contribution is -0.140. The monoisotopic (exact) mass is 227 g/mol. The van der Waals surface area contributed by atoms with Crippen molar-refractivity contribution in [3.63, 3.8) is 0 Å². The summed E-state index contributed by atoms with van der Waals surface area (Å²) < 4.78 is 0. The van der Waals surface area contributed by atoms with Gasteiger partial charge in [0.25, 0.3) is 0 Å². The maximum absolute atomic E-state index is 11.8. The van der Waals surface area contributed by atoms with Crippen LogP contribution in [0, 0.1) is 0 Å². The first-order chi connectivity index (χ1) is 7.34. The Morgan fingerprint density at radius 2 is 2.00 bits per heavy atom. The summed E-state index contributed by atoms with van der Waals surface area (Å²) in [5.41, 5.74) is 5.08. The number of nitrogens with one attached hydrogen (secondary N) is 1. The highest BCUT2D eigenvalue weighted by atomic mass is 16.2. The van der Waals surface area contributed by atoms with E-state index < -0.39 is 18.0 Å². The molecule has 1 aliphatic heterocycles. The minimum atomic E-state index is -0.627. The van der Waals surface area contributed by atoms with E-state index in [2.05, 4.69) is 5.32 Å². The molecule has 6 heteroatoms. The molecule has 0 aliphatic carbocycles. The number of carbonyl (C=O) groups is 3. The van der Waals surface area contributed by atoms with Crippen LogP contribution in [0.15, 0.2) is 0 Å². The van der Waals surface area contributed by atoms with Gasteiger partial charge >= 0.3 is 0 Å². The van der Waals surface area contributed by atoms with E-state index in [1.165, 1.54) is 4.90 Å². The van der Waals surface area contributed by atoms with Gasteiger partial charge in [0.1, 0.15) is 0 Å². The van der Waals surface area contributed by atoms with E-state index in [0.29, 0.717) is 0 Å². The zero-order valence-corrected chi connectivity index (χ0v) is 9.69. The summed E-state index contributed by atoms with van der Waals surface area (Å²) in [5, 5.41) is 2.76. The third kappa shape index (κ3) is 2.38. The van der Waals surface area contributed by atoms with Crippen molar-refractivity contribution in [2.24, 2.45) is 5.73 Å². The molecule has 0 aromatic rings. The predicted octanol–water partition coefficient (Wildman–Crippen LogP) is -1.01. The van der Waals surface area contributed by atoms with Gasteiger partial charge in [0, 0.05) is 6.04 Å². The molecule has 16 heavy (non-hydrogen) atoms. The Morgan fingerprint density at radius 1 is 1.44 bits per heavy atom. The van der Waals surface area contributed by atoms with Crippen molar-refractivity contribution in [2.75, 3.05) is 0 Å². The molecule has 3 amide bonds. The number of hydrogen-bond acceptors (Lipinski definition) is 4. The van der Waals surface area contributed by atoms with Crippen LogP contribution in [-0.2, 0) is 14.4 Å². The highest BCUT2D eigenvalue weighted by Gasteiger charge is 2.40. The number of amides is 3. The summed E-state index contributed by atoms with van der Waals surface area (Å²) in [6.45, 7) is 5.11. The minimum Gasteiger partial charge on any atom is -0.368 e. The zero-order valence-electron chi connectivity index (χ0n) is 9.69. The van der Waals surface area contributed by atoms with Crippen LogP contribution < -0.4 is 11.1 Å². The highest BCUT2D eigenvalue weighted by molar-refractivity contribution is 6.06. The van der Waals surface area contributed by atoms with Gasteiger partial charge in [0.2, 0.25) is 17.7 Å². The van der Waals surface area contributed by atoms with Gasteiger partial charge in [-0.15, -0.1) is 0 Å². The first-order valence-electron chi connectivity index (χ1n) is 5.26. The second kappa shape index (κ2) is 4.61. The second-order valence-electron chi connectivity index (χ2n) is 4.24. The average molecular weight is 227 g/mol. The molecule has 3 N–H and O–H groups in total. The van der Waals surface area contributed by atoms with Crippen molar-refractivity contribution in [1.82, 2.24) is 10.2 Å². The first kappa shape index (κ1) is 12.6. The van der Waals surface area contributed by atoms with E-state index in [-0.39, 0.29) is 24.3 Å². The third-order valence-electron chi connectivity index (χ3n) is 2.58. The molecular formula is C10H17N3O3. The van der Waals surface area contributed by atoms with E-state index >= 15 is 0 Å². The van der Waals surface area contributed by atoms with Crippen LogP contribution in [0.2, 0.25) is 0 Å². The summed E-state index contributed by atoms with van der Waals surface area (Å²) >= 11 is 0. The fraction of sp³-hybridized carbons (Fsp3) is 0.700. The SMILES string of the molecule is CC(NC1CC(=O)N(C(C)C)C1=O)C(N)=O. The molecule has 1 saturated heterocycles. The Kier molecular flexibility index (Phi) is 3.64. The molecule has 0 saturated carbocycles. The first-order valence-corrected chi connectivity index (χ1v) is 5.26. The molecule has 0 spiro atoms. The second-order valence-corrected chi connectivity index (χ2v) is 4.24. The molecule has 1 fully saturated rings. The lowest BCUT2D eigenvalue weighted by atomic mass is 10.2. The number of imide groups is 1. The number of nitrogens with zero attached hydrogens (tertiary/aromatic N) is 1. The molecule has 1 aliphatic rings. The molecule has 2 atom stereocenters. The molecule has 2 unspecified atom stereocenters. The number of hydrogen-bond donors (Lipinski definition) is 2. The largest absolute Gasteiger partial charge is 0.368 e. The van der Waals surface area contributed by atoms with E-state index in [1.54, 1.807) is 20.8 Å². The number of carbonyl (C=O) groups excluding carboxylic acids is 3. The number of rotatable bonds is 4. The molecule has 0 aromatic carbocycles. The molecule has 6 nitrogen and oxygen atoms in total. The van der Waals surface area contributed by atoms with Gasteiger partial charge in [-0.3, -0.25) is 24.6 Å². The van der Waals surface area contributed by atoms with Crippen LogP contribution in [0.1, 0.15) is 27.2 Å². The summed E-state index contributed by atoms with van der Waals surface area (Å²) in [6.07, 6.45) is 0.0919. The minimum absolute atomic E-state index is 0.0919. The lowest BCUT2D eigenvalue weighted by Crippen LogP contribution is -2.48. The Labute approximate surface area is 94.2 Å². The van der Waals surface area contributed by atoms with Crippen LogP contribution in [0.25, 0.3) is 0 Å². The highest BCUT2D eigenvalue weighted by Crippen LogP contribution is 2.16. The predicted molar refractivity (Wildman–Crippen MR) is 57.2 cm³/mol. The van der Waals surface area contributed by atoms with Crippen LogP contribution in [0.3, 0.4) is 0 Å². The summed E-state index contributed by atoms with van der Waals surface area (Å²) in [6, 6.07) is -1.40. The van der Waals surface area contributed by atoms with Crippen molar-refractivity contribution < 1.29 is 14.4 Å². The van der Waals surface area contributed by atoms with Crippen LogP contribution in [0.4, 0.5) is 0 Å². The number of nitrogens with two attached hydrogens (primary N) is 1. The molecule has 1 rings (SSSR count). The van der Waals surface area contributed by atoms with E-state index in [1.807, 2.05) is 0 Å². The molecule has 90 valence electrons. The average Bonchev–Trinajstić information content (AvgIpc) is 2.41. The van der Waals surface area contributed by atoms with Gasteiger partial charge in [0.05, 0.1) is 18.5 Å². The molecule has 0 bridgehead atoms. The van der Waals surface area contributed by atoms with Gasteiger partial charge in [-0.2, -0.15) is 0 Å². The van der Waals surface area contributed by atoms with Gasteiger partial charge in [-0.05, 0) is 20.8 Å². The van der Waals surface area contributed by atoms with Crippen molar-refractivity contribution in [1.29, 1.82) is 0 Å². The van der Waals surface area contributed by atoms with Crippen molar-refractivity contribution in [2.45, 2.75) is 45.3 Å². The van der Waals surface area contributed by atoms with Gasteiger partial charge in [0.15, 0.2) is 0 Å². The third-order valence-corrected chi connectivity index (χ3v) is 2.58. The van der Waals surface area contributed by atoms with Crippen molar-refractivity contribution in [3.8, 4) is 0 Å². The Bertz CT molecular complexity index is 327. The number of likely N-dealkylation sites (tertiary alicyclic amines) is 1. The summed E-state index contributed by atoms with van der Waals surface area (Å²) in [4.78, 5) is 35.4. The Morgan fingerprint density at radius 3 is 2.38 bits per heavy atom. The summed E-state index contributed by atoms with van der Waals surface area (Å²) in [7, 11) is 0. The smallest absolute Gasteiger partial charge is 0.247 e. The molecule has 0 radical (unpaired) electrons. The lowest BCUT2D eigenvalue weighted by Gasteiger charge is -2.20. The zero-order chi connectivity index (χ0) is 12.5. The van der Waals surface area contributed by atoms with E-state index in [9.17, 15) is 14.4 Å².